The van der Waals surface area contributed by atoms with E-state index < -0.39 is 11.9 Å². The van der Waals surface area contributed by atoms with E-state index in [0.29, 0.717) is 11.4 Å². The highest BCUT2D eigenvalue weighted by Crippen LogP contribution is 2.28. The summed E-state index contributed by atoms with van der Waals surface area (Å²) in [5.74, 6) is 0.394. The Labute approximate surface area is 136 Å². The Bertz CT molecular complexity index is 958. The summed E-state index contributed by atoms with van der Waals surface area (Å²) in [5, 5.41) is 8.49. The van der Waals surface area contributed by atoms with E-state index in [1.165, 1.54) is 18.5 Å². The fraction of sp³-hybridized carbons (Fsp3) is 0.0588. The van der Waals surface area contributed by atoms with Gasteiger partial charge in [-0.05, 0) is 36.4 Å². The maximum absolute atomic E-state index is 13.1. The molecule has 0 radical (unpaired) electrons. The summed E-state index contributed by atoms with van der Waals surface area (Å²) >= 11 is 0. The lowest BCUT2D eigenvalue weighted by Crippen LogP contribution is -2.12. The van der Waals surface area contributed by atoms with Gasteiger partial charge in [-0.3, -0.25) is 9.97 Å². The van der Waals surface area contributed by atoms with E-state index in [-0.39, 0.29) is 5.89 Å². The molecule has 0 aliphatic carbocycles. The molecule has 7 heteroatoms. The Morgan fingerprint density at radius 2 is 2.04 bits per heavy atom. The Kier molecular flexibility index (Phi) is 3.59. The van der Waals surface area contributed by atoms with Crippen LogP contribution < -0.4 is 4.74 Å². The molecule has 118 valence electrons. The van der Waals surface area contributed by atoms with E-state index in [4.69, 9.17) is 9.15 Å². The molecule has 0 fully saturated rings. The van der Waals surface area contributed by atoms with Gasteiger partial charge in [-0.2, -0.15) is 0 Å². The second kappa shape index (κ2) is 6.04. The van der Waals surface area contributed by atoms with Crippen molar-refractivity contribution in [1.82, 2.24) is 20.2 Å². The summed E-state index contributed by atoms with van der Waals surface area (Å²) in [7, 11) is 0. The normalized spacial score (nSPS) is 12.2. The van der Waals surface area contributed by atoms with Crippen LogP contribution >= 0.6 is 0 Å². The molecule has 0 saturated heterocycles. The molecule has 4 rings (SSSR count). The van der Waals surface area contributed by atoms with Gasteiger partial charge in [0.15, 0.2) is 0 Å². The van der Waals surface area contributed by atoms with Gasteiger partial charge in [-0.25, -0.2) is 4.39 Å². The molecule has 6 nitrogen and oxygen atoms in total. The van der Waals surface area contributed by atoms with Crippen LogP contribution in [0.5, 0.6) is 5.75 Å². The van der Waals surface area contributed by atoms with Crippen molar-refractivity contribution in [2.75, 3.05) is 0 Å². The Balaban J connectivity index is 1.71. The molecule has 0 spiro atoms. The van der Waals surface area contributed by atoms with E-state index >= 15 is 0 Å². The second-order valence-electron chi connectivity index (χ2n) is 5.03. The average Bonchev–Trinajstić information content (AvgIpc) is 3.15. The van der Waals surface area contributed by atoms with E-state index in [1.54, 1.807) is 12.3 Å². The first-order valence-electron chi connectivity index (χ1n) is 7.18. The molecule has 0 amide bonds. The number of hydrogen-bond donors (Lipinski definition) is 0. The predicted octanol–water partition coefficient (Wildman–Crippen LogP) is 3.32. The summed E-state index contributed by atoms with van der Waals surface area (Å²) in [6.45, 7) is 0. The van der Waals surface area contributed by atoms with Gasteiger partial charge in [0.2, 0.25) is 12.5 Å². The third-order valence-electron chi connectivity index (χ3n) is 3.45. The van der Waals surface area contributed by atoms with E-state index in [2.05, 4.69) is 20.2 Å². The van der Waals surface area contributed by atoms with Crippen molar-refractivity contribution in [3.8, 4) is 5.75 Å². The van der Waals surface area contributed by atoms with Gasteiger partial charge < -0.3 is 9.15 Å². The molecular weight excluding hydrogens is 311 g/mol. The maximum atomic E-state index is 13.1. The summed E-state index contributed by atoms with van der Waals surface area (Å²) in [4.78, 5) is 8.32. The number of aromatic nitrogens is 4. The molecule has 1 aromatic carbocycles. The van der Waals surface area contributed by atoms with Crippen LogP contribution in [0.4, 0.5) is 4.39 Å². The van der Waals surface area contributed by atoms with Gasteiger partial charge in [0, 0.05) is 11.6 Å². The molecule has 0 N–H and O–H groups in total. The van der Waals surface area contributed by atoms with Gasteiger partial charge in [0.1, 0.15) is 11.6 Å². The third-order valence-corrected chi connectivity index (χ3v) is 3.45. The largest absolute Gasteiger partial charge is 0.474 e. The van der Waals surface area contributed by atoms with Gasteiger partial charge in [-0.1, -0.05) is 6.07 Å². The fourth-order valence-electron chi connectivity index (χ4n) is 2.34. The number of nitrogens with zero attached hydrogens (tertiary/aromatic N) is 4. The summed E-state index contributed by atoms with van der Waals surface area (Å²) in [6, 6.07) is 12.1. The molecule has 0 unspecified atom stereocenters. The summed E-state index contributed by atoms with van der Waals surface area (Å²) < 4.78 is 24.4. The molecule has 4 aromatic rings. The van der Waals surface area contributed by atoms with Crippen LogP contribution in [-0.2, 0) is 0 Å². The monoisotopic (exact) mass is 322 g/mol. The SMILES string of the molecule is Fc1ccc([C@H](Oc2ccc3ncccc3c2)c2nnco2)nc1. The van der Waals surface area contributed by atoms with Crippen LogP contribution in [0.25, 0.3) is 10.9 Å². The van der Waals surface area contributed by atoms with Gasteiger partial charge in [0.25, 0.3) is 5.89 Å². The van der Waals surface area contributed by atoms with E-state index in [1.807, 2.05) is 24.3 Å². The second-order valence-corrected chi connectivity index (χ2v) is 5.03. The van der Waals surface area contributed by atoms with Crippen molar-refractivity contribution in [2.24, 2.45) is 0 Å². The summed E-state index contributed by atoms with van der Waals surface area (Å²) in [6.07, 6.45) is 3.32. The molecule has 0 bridgehead atoms. The predicted molar refractivity (Wildman–Crippen MR) is 82.7 cm³/mol. The van der Waals surface area contributed by atoms with Gasteiger partial charge in [0.05, 0.1) is 17.4 Å². The highest BCUT2D eigenvalue weighted by atomic mass is 19.1. The molecule has 3 heterocycles. The standard InChI is InChI=1S/C17H11FN4O2/c18-12-3-5-15(20-9-12)16(17-22-21-10-23-17)24-13-4-6-14-11(8-13)2-1-7-19-14/h1-10,16H/t16-/m0/s1. The zero-order valence-electron chi connectivity index (χ0n) is 12.3. The number of pyridine rings is 2. The minimum Gasteiger partial charge on any atom is -0.474 e. The van der Waals surface area contributed by atoms with Crippen LogP contribution in [0.1, 0.15) is 17.7 Å². The zero-order valence-corrected chi connectivity index (χ0v) is 12.3. The van der Waals surface area contributed by atoms with Crippen molar-refractivity contribution in [1.29, 1.82) is 0 Å². The number of benzene rings is 1. The van der Waals surface area contributed by atoms with Crippen LogP contribution in [0.15, 0.2) is 65.7 Å². The average molecular weight is 322 g/mol. The first kappa shape index (κ1) is 14.3. The first-order chi connectivity index (χ1) is 11.8. The van der Waals surface area contributed by atoms with Crippen molar-refractivity contribution < 1.29 is 13.5 Å². The zero-order chi connectivity index (χ0) is 16.4. The quantitative estimate of drug-likeness (QED) is 0.574. The smallest absolute Gasteiger partial charge is 0.263 e. The number of ether oxygens (including phenoxy) is 1. The lowest BCUT2D eigenvalue weighted by molar-refractivity contribution is 0.203. The fourth-order valence-corrected chi connectivity index (χ4v) is 2.34. The lowest BCUT2D eigenvalue weighted by Gasteiger charge is -2.15. The molecule has 0 aliphatic rings. The van der Waals surface area contributed by atoms with Gasteiger partial charge >= 0.3 is 0 Å². The van der Waals surface area contributed by atoms with Crippen LogP contribution in [-0.4, -0.2) is 20.2 Å². The Morgan fingerprint density at radius 1 is 1.08 bits per heavy atom. The molecule has 1 atom stereocenters. The Hall–Kier alpha value is -3.35. The third kappa shape index (κ3) is 2.79. The molecule has 3 aromatic heterocycles. The minimum absolute atomic E-state index is 0.236. The molecule has 0 aliphatic heterocycles. The van der Waals surface area contributed by atoms with Crippen LogP contribution in [0.3, 0.4) is 0 Å². The number of rotatable bonds is 4. The molecular formula is C17H11FN4O2. The van der Waals surface area contributed by atoms with Crippen molar-refractivity contribution in [3.05, 3.63) is 78.7 Å². The summed E-state index contributed by atoms with van der Waals surface area (Å²) in [5.41, 5.74) is 1.33. The van der Waals surface area contributed by atoms with Crippen molar-refractivity contribution in [2.45, 2.75) is 6.10 Å². The number of hydrogen-bond acceptors (Lipinski definition) is 6. The maximum Gasteiger partial charge on any atom is 0.263 e. The lowest BCUT2D eigenvalue weighted by atomic mass is 10.2. The van der Waals surface area contributed by atoms with Crippen molar-refractivity contribution >= 4 is 10.9 Å². The molecule has 24 heavy (non-hydrogen) atoms. The highest BCUT2D eigenvalue weighted by molar-refractivity contribution is 5.79. The Morgan fingerprint density at radius 3 is 2.83 bits per heavy atom. The number of fused-ring (bicyclic) bond motifs is 1. The minimum atomic E-state index is -0.734. The van der Waals surface area contributed by atoms with Crippen LogP contribution in [0.2, 0.25) is 0 Å². The molecule has 0 saturated carbocycles. The number of halogens is 1. The van der Waals surface area contributed by atoms with Crippen molar-refractivity contribution in [3.63, 3.8) is 0 Å². The topological polar surface area (TPSA) is 73.9 Å². The highest BCUT2D eigenvalue weighted by Gasteiger charge is 2.23. The van der Waals surface area contributed by atoms with E-state index in [0.717, 1.165) is 17.1 Å². The van der Waals surface area contributed by atoms with Crippen LogP contribution in [0, 0.1) is 5.82 Å². The van der Waals surface area contributed by atoms with Gasteiger partial charge in [-0.15, -0.1) is 10.2 Å². The van der Waals surface area contributed by atoms with E-state index in [9.17, 15) is 4.39 Å². The first-order valence-corrected chi connectivity index (χ1v) is 7.18.